The van der Waals surface area contributed by atoms with Crippen LogP contribution in [0.1, 0.15) is 9.67 Å². The molecular weight excluding hydrogens is 342 g/mol. The summed E-state index contributed by atoms with van der Waals surface area (Å²) in [5.74, 6) is 0.0946. The van der Waals surface area contributed by atoms with Crippen LogP contribution in [0.15, 0.2) is 50.7 Å². The van der Waals surface area contributed by atoms with Crippen LogP contribution in [-0.4, -0.2) is 16.1 Å². The van der Waals surface area contributed by atoms with E-state index in [4.69, 9.17) is 4.42 Å². The molecule has 0 aliphatic heterocycles. The van der Waals surface area contributed by atoms with Crippen molar-refractivity contribution in [3.8, 4) is 11.5 Å². The second kappa shape index (κ2) is 5.56. The van der Waals surface area contributed by atoms with E-state index < -0.39 is 0 Å². The minimum absolute atomic E-state index is 0.0818. The first-order valence-electron chi connectivity index (χ1n) is 5.68. The van der Waals surface area contributed by atoms with Gasteiger partial charge in [0.05, 0.1) is 8.66 Å². The molecule has 2 aromatic heterocycles. The number of thiophene rings is 1. The van der Waals surface area contributed by atoms with Gasteiger partial charge in [0.1, 0.15) is 0 Å². The maximum Gasteiger partial charge on any atom is 0.322 e. The number of anilines is 1. The highest BCUT2D eigenvalue weighted by molar-refractivity contribution is 9.11. The second-order valence-electron chi connectivity index (χ2n) is 3.84. The highest BCUT2D eigenvalue weighted by atomic mass is 79.9. The fourth-order valence-corrected chi connectivity index (χ4v) is 2.85. The van der Waals surface area contributed by atoms with Crippen LogP contribution in [0.25, 0.3) is 11.5 Å². The summed E-state index contributed by atoms with van der Waals surface area (Å²) in [6.07, 6.45) is 0. The van der Waals surface area contributed by atoms with Crippen LogP contribution in [0, 0.1) is 0 Å². The zero-order valence-electron chi connectivity index (χ0n) is 10.0. The molecule has 2 heterocycles. The van der Waals surface area contributed by atoms with Crippen LogP contribution in [0.2, 0.25) is 0 Å². The number of nitrogens with zero attached hydrogens (tertiary/aromatic N) is 2. The molecule has 5 nitrogen and oxygen atoms in total. The number of nitrogens with one attached hydrogen (secondary N) is 1. The van der Waals surface area contributed by atoms with Crippen LogP contribution < -0.4 is 5.32 Å². The van der Waals surface area contributed by atoms with E-state index in [1.54, 1.807) is 6.07 Å². The molecule has 0 radical (unpaired) electrons. The average Bonchev–Trinajstić information content (AvgIpc) is 3.09. The zero-order chi connectivity index (χ0) is 13.9. The first-order chi connectivity index (χ1) is 9.72. The number of amides is 1. The van der Waals surface area contributed by atoms with Gasteiger partial charge >= 0.3 is 6.01 Å². The Balaban J connectivity index is 1.76. The van der Waals surface area contributed by atoms with Gasteiger partial charge in [-0.3, -0.25) is 10.1 Å². The van der Waals surface area contributed by atoms with Crippen molar-refractivity contribution in [3.05, 3.63) is 51.1 Å². The molecule has 0 unspecified atom stereocenters. The van der Waals surface area contributed by atoms with E-state index in [0.29, 0.717) is 10.8 Å². The van der Waals surface area contributed by atoms with E-state index in [1.807, 2.05) is 36.4 Å². The van der Waals surface area contributed by atoms with E-state index in [-0.39, 0.29) is 11.9 Å². The molecule has 1 aromatic carbocycles. The summed E-state index contributed by atoms with van der Waals surface area (Å²) in [7, 11) is 0. The normalized spacial score (nSPS) is 10.4. The van der Waals surface area contributed by atoms with Gasteiger partial charge in [0.25, 0.3) is 5.91 Å². The van der Waals surface area contributed by atoms with E-state index in [2.05, 4.69) is 31.4 Å². The fourth-order valence-electron chi connectivity index (χ4n) is 1.57. The summed E-state index contributed by atoms with van der Waals surface area (Å²) in [4.78, 5) is 12.5. The Kier molecular flexibility index (Phi) is 3.62. The minimum atomic E-state index is -0.274. The van der Waals surface area contributed by atoms with Crippen molar-refractivity contribution < 1.29 is 9.21 Å². The maximum atomic E-state index is 11.9. The summed E-state index contributed by atoms with van der Waals surface area (Å²) >= 11 is 4.64. The topological polar surface area (TPSA) is 68.0 Å². The molecule has 0 aliphatic rings. The molecule has 0 atom stereocenters. The number of carbonyl (C=O) groups excluding carboxylic acids is 1. The first-order valence-corrected chi connectivity index (χ1v) is 7.29. The number of carbonyl (C=O) groups is 1. The Morgan fingerprint density at radius 1 is 1.15 bits per heavy atom. The minimum Gasteiger partial charge on any atom is -0.403 e. The highest BCUT2D eigenvalue weighted by Gasteiger charge is 2.13. The van der Waals surface area contributed by atoms with Gasteiger partial charge in [-0.25, -0.2) is 0 Å². The molecule has 0 spiro atoms. The van der Waals surface area contributed by atoms with E-state index >= 15 is 0 Å². The van der Waals surface area contributed by atoms with Crippen molar-refractivity contribution in [1.29, 1.82) is 0 Å². The number of aromatic nitrogens is 2. The molecular formula is C13H8BrN3O2S. The SMILES string of the molecule is O=C(Nc1nnc(-c2ccccc2)o1)c1ccc(Br)s1. The van der Waals surface area contributed by atoms with Crippen molar-refractivity contribution in [2.45, 2.75) is 0 Å². The predicted octanol–water partition coefficient (Wildman–Crippen LogP) is 3.81. The molecule has 0 saturated heterocycles. The van der Waals surface area contributed by atoms with Crippen molar-refractivity contribution in [1.82, 2.24) is 10.2 Å². The Labute approximate surface area is 126 Å². The third kappa shape index (κ3) is 2.78. The monoisotopic (exact) mass is 349 g/mol. The molecule has 0 fully saturated rings. The summed E-state index contributed by atoms with van der Waals surface area (Å²) in [5, 5.41) is 10.3. The van der Waals surface area contributed by atoms with Crippen LogP contribution in [0.5, 0.6) is 0 Å². The lowest BCUT2D eigenvalue weighted by atomic mass is 10.2. The van der Waals surface area contributed by atoms with Crippen LogP contribution in [0.4, 0.5) is 6.01 Å². The summed E-state index contributed by atoms with van der Waals surface area (Å²) in [6, 6.07) is 13.0. The van der Waals surface area contributed by atoms with Gasteiger partial charge in [0.15, 0.2) is 0 Å². The van der Waals surface area contributed by atoms with E-state index in [0.717, 1.165) is 9.35 Å². The van der Waals surface area contributed by atoms with Crippen molar-refractivity contribution in [3.63, 3.8) is 0 Å². The van der Waals surface area contributed by atoms with Gasteiger partial charge < -0.3 is 4.42 Å². The van der Waals surface area contributed by atoms with Crippen molar-refractivity contribution >= 4 is 39.2 Å². The number of hydrogen-bond donors (Lipinski definition) is 1. The Morgan fingerprint density at radius 2 is 1.95 bits per heavy atom. The molecule has 3 rings (SSSR count). The molecule has 3 aromatic rings. The van der Waals surface area contributed by atoms with Crippen molar-refractivity contribution in [2.24, 2.45) is 0 Å². The second-order valence-corrected chi connectivity index (χ2v) is 6.30. The highest BCUT2D eigenvalue weighted by Crippen LogP contribution is 2.24. The zero-order valence-corrected chi connectivity index (χ0v) is 12.4. The molecule has 0 aliphatic carbocycles. The predicted molar refractivity (Wildman–Crippen MR) is 79.7 cm³/mol. The van der Waals surface area contributed by atoms with Gasteiger partial charge in [0, 0.05) is 5.56 Å². The lowest BCUT2D eigenvalue weighted by molar-refractivity contribution is 0.102. The molecule has 0 bridgehead atoms. The molecule has 0 saturated carbocycles. The van der Waals surface area contributed by atoms with Gasteiger partial charge in [-0.05, 0) is 40.2 Å². The lowest BCUT2D eigenvalue weighted by Crippen LogP contribution is -2.10. The number of rotatable bonds is 3. The summed E-state index contributed by atoms with van der Waals surface area (Å²) < 4.78 is 6.29. The van der Waals surface area contributed by atoms with Crippen LogP contribution in [0.3, 0.4) is 0 Å². The quantitative estimate of drug-likeness (QED) is 0.780. The van der Waals surface area contributed by atoms with E-state index in [9.17, 15) is 4.79 Å². The third-order valence-electron chi connectivity index (χ3n) is 2.46. The molecule has 1 amide bonds. The first kappa shape index (κ1) is 13.0. The summed E-state index contributed by atoms with van der Waals surface area (Å²) in [5.41, 5.74) is 0.805. The Hall–Kier alpha value is -1.99. The third-order valence-corrected chi connectivity index (χ3v) is 4.09. The summed E-state index contributed by atoms with van der Waals surface area (Å²) in [6.45, 7) is 0. The van der Waals surface area contributed by atoms with Gasteiger partial charge in [-0.1, -0.05) is 23.3 Å². The van der Waals surface area contributed by atoms with Crippen molar-refractivity contribution in [2.75, 3.05) is 5.32 Å². The van der Waals surface area contributed by atoms with Gasteiger partial charge in [0.2, 0.25) is 5.89 Å². The van der Waals surface area contributed by atoms with Gasteiger partial charge in [-0.15, -0.1) is 16.4 Å². The molecule has 1 N–H and O–H groups in total. The van der Waals surface area contributed by atoms with Crippen LogP contribution >= 0.6 is 27.3 Å². The number of hydrogen-bond acceptors (Lipinski definition) is 5. The largest absolute Gasteiger partial charge is 0.403 e. The maximum absolute atomic E-state index is 11.9. The smallest absolute Gasteiger partial charge is 0.322 e. The molecule has 7 heteroatoms. The standard InChI is InChI=1S/C13H8BrN3O2S/c14-10-7-6-9(20-10)11(18)15-13-17-16-12(19-13)8-4-2-1-3-5-8/h1-7H,(H,15,17,18). The Morgan fingerprint density at radius 3 is 2.65 bits per heavy atom. The molecule has 20 heavy (non-hydrogen) atoms. The lowest BCUT2D eigenvalue weighted by Gasteiger charge is -1.96. The molecule has 100 valence electrons. The van der Waals surface area contributed by atoms with E-state index in [1.165, 1.54) is 11.3 Å². The number of benzene rings is 1. The average molecular weight is 350 g/mol. The van der Waals surface area contributed by atoms with Crippen LogP contribution in [-0.2, 0) is 0 Å². The van der Waals surface area contributed by atoms with Gasteiger partial charge in [-0.2, -0.15) is 0 Å². The fraction of sp³-hybridized carbons (Fsp3) is 0. The Bertz CT molecular complexity index is 739. The number of halogens is 1.